The quantitative estimate of drug-likeness (QED) is 0.552. The van der Waals surface area contributed by atoms with Crippen molar-refractivity contribution in [2.24, 2.45) is 23.5 Å². The molecule has 1 heterocycles. The summed E-state index contributed by atoms with van der Waals surface area (Å²) in [6.07, 6.45) is 2.31. The van der Waals surface area contributed by atoms with Gasteiger partial charge in [-0.05, 0) is 31.1 Å². The fraction of sp³-hybridized carbons (Fsp3) is 0.800. The first-order valence-corrected chi connectivity index (χ1v) is 8.08. The van der Waals surface area contributed by atoms with Crippen molar-refractivity contribution in [3.8, 4) is 0 Å². The molecule has 0 spiro atoms. The minimum Gasteiger partial charge on any atom is -0.481 e. The summed E-state index contributed by atoms with van der Waals surface area (Å²) in [5.41, 5.74) is 5.05. The van der Waals surface area contributed by atoms with Crippen LogP contribution in [-0.2, 0) is 4.79 Å². The monoisotopic (exact) mass is 328 g/mol. The Morgan fingerprint density at radius 1 is 1.30 bits per heavy atom. The number of aliphatic carboxylic acids is 1. The zero-order valence-electron chi connectivity index (χ0n) is 13.9. The van der Waals surface area contributed by atoms with Crippen LogP contribution in [0.2, 0.25) is 0 Å². The summed E-state index contributed by atoms with van der Waals surface area (Å²) in [5.74, 6) is -1.03. The molecule has 0 bridgehead atoms. The van der Waals surface area contributed by atoms with Crippen LogP contribution >= 0.6 is 0 Å². The second-order valence-corrected chi connectivity index (χ2v) is 6.55. The van der Waals surface area contributed by atoms with E-state index in [1.54, 1.807) is 4.90 Å². The Hall–Kier alpha value is -1.99. The zero-order valence-corrected chi connectivity index (χ0v) is 13.9. The number of nitrogens with zero attached hydrogens (tertiary/aromatic N) is 1. The van der Waals surface area contributed by atoms with E-state index in [2.05, 4.69) is 10.6 Å². The maximum Gasteiger partial charge on any atom is 0.317 e. The van der Waals surface area contributed by atoms with Crippen LogP contribution in [0.25, 0.3) is 0 Å². The lowest BCUT2D eigenvalue weighted by molar-refractivity contribution is -0.142. The molecule has 0 aromatic heterocycles. The predicted octanol–water partition coefficient (Wildman–Crippen LogP) is 0.823. The van der Waals surface area contributed by atoms with E-state index in [1.807, 2.05) is 13.8 Å². The molecule has 2 atom stereocenters. The molecule has 1 saturated heterocycles. The van der Waals surface area contributed by atoms with Crippen molar-refractivity contribution >= 4 is 18.0 Å². The Morgan fingerprint density at radius 3 is 2.57 bits per heavy atom. The summed E-state index contributed by atoms with van der Waals surface area (Å²) in [7, 11) is 0. The third-order valence-corrected chi connectivity index (χ3v) is 3.98. The van der Waals surface area contributed by atoms with Crippen LogP contribution in [0, 0.1) is 17.8 Å². The van der Waals surface area contributed by atoms with Crippen LogP contribution in [0.3, 0.4) is 0 Å². The van der Waals surface area contributed by atoms with Gasteiger partial charge in [0.15, 0.2) is 0 Å². The first-order chi connectivity index (χ1) is 10.8. The number of nitrogens with two attached hydrogens (primary N) is 1. The second-order valence-electron chi connectivity index (χ2n) is 6.55. The van der Waals surface area contributed by atoms with Gasteiger partial charge in [-0.3, -0.25) is 4.79 Å². The van der Waals surface area contributed by atoms with Crippen LogP contribution < -0.4 is 16.4 Å². The highest BCUT2D eigenvalue weighted by Gasteiger charge is 2.25. The topological polar surface area (TPSA) is 125 Å². The summed E-state index contributed by atoms with van der Waals surface area (Å²) in [5, 5.41) is 14.5. The smallest absolute Gasteiger partial charge is 0.317 e. The van der Waals surface area contributed by atoms with E-state index in [4.69, 9.17) is 5.73 Å². The lowest BCUT2D eigenvalue weighted by atomic mass is 9.97. The Morgan fingerprint density at radius 2 is 2.00 bits per heavy atom. The second kappa shape index (κ2) is 9.22. The predicted molar refractivity (Wildman–Crippen MR) is 85.9 cm³/mol. The SMILES string of the molecule is CC(C)CC(CNC(=O)N1CCCC(CNC(N)=O)C1)C(=O)O. The highest BCUT2D eigenvalue weighted by atomic mass is 16.4. The molecule has 8 heteroatoms. The van der Waals surface area contributed by atoms with Gasteiger partial charge in [0.2, 0.25) is 0 Å². The van der Waals surface area contributed by atoms with Gasteiger partial charge in [-0.25, -0.2) is 9.59 Å². The van der Waals surface area contributed by atoms with Gasteiger partial charge in [-0.2, -0.15) is 0 Å². The fourth-order valence-corrected chi connectivity index (χ4v) is 2.82. The number of hydrogen-bond donors (Lipinski definition) is 4. The first-order valence-electron chi connectivity index (χ1n) is 8.08. The fourth-order valence-electron chi connectivity index (χ4n) is 2.82. The van der Waals surface area contributed by atoms with Crippen molar-refractivity contribution in [3.05, 3.63) is 0 Å². The number of hydrogen-bond acceptors (Lipinski definition) is 3. The molecule has 1 rings (SSSR count). The number of carboxylic acid groups (broad SMARTS) is 1. The molecule has 1 aliphatic rings. The summed E-state index contributed by atoms with van der Waals surface area (Å²) in [6, 6.07) is -0.812. The number of primary amides is 1. The number of carboxylic acids is 1. The molecule has 5 N–H and O–H groups in total. The largest absolute Gasteiger partial charge is 0.481 e. The zero-order chi connectivity index (χ0) is 17.4. The lowest BCUT2D eigenvalue weighted by Gasteiger charge is -2.33. The van der Waals surface area contributed by atoms with E-state index >= 15 is 0 Å². The van der Waals surface area contributed by atoms with E-state index in [1.165, 1.54) is 0 Å². The molecule has 0 aromatic rings. The number of urea groups is 2. The van der Waals surface area contributed by atoms with E-state index in [0.717, 1.165) is 12.8 Å². The minimum atomic E-state index is -0.888. The number of carbonyl (C=O) groups excluding carboxylic acids is 2. The van der Waals surface area contributed by atoms with Crippen LogP contribution in [0.4, 0.5) is 9.59 Å². The van der Waals surface area contributed by atoms with E-state index < -0.39 is 17.9 Å². The molecule has 132 valence electrons. The number of rotatable bonds is 7. The molecule has 23 heavy (non-hydrogen) atoms. The number of likely N-dealkylation sites (tertiary alicyclic amines) is 1. The Bertz CT molecular complexity index is 428. The van der Waals surface area contributed by atoms with Crippen LogP contribution in [0.5, 0.6) is 0 Å². The van der Waals surface area contributed by atoms with Crippen molar-refractivity contribution in [3.63, 3.8) is 0 Å². The number of amides is 4. The van der Waals surface area contributed by atoms with Crippen molar-refractivity contribution in [2.45, 2.75) is 33.1 Å². The molecular formula is C15H28N4O4. The minimum absolute atomic E-state index is 0.132. The highest BCUT2D eigenvalue weighted by molar-refractivity contribution is 5.76. The van der Waals surface area contributed by atoms with E-state index in [9.17, 15) is 19.5 Å². The normalized spacial score (nSPS) is 19.3. The maximum atomic E-state index is 12.2. The summed E-state index contributed by atoms with van der Waals surface area (Å²) >= 11 is 0. The molecule has 1 fully saturated rings. The summed E-state index contributed by atoms with van der Waals surface area (Å²) < 4.78 is 0. The van der Waals surface area contributed by atoms with Gasteiger partial charge in [0.05, 0.1) is 5.92 Å². The number of piperidine rings is 1. The Balaban J connectivity index is 2.43. The van der Waals surface area contributed by atoms with Gasteiger partial charge in [0.25, 0.3) is 0 Å². The maximum absolute atomic E-state index is 12.2. The number of carbonyl (C=O) groups is 3. The van der Waals surface area contributed by atoms with Gasteiger partial charge >= 0.3 is 18.0 Å². The molecule has 8 nitrogen and oxygen atoms in total. The third-order valence-electron chi connectivity index (χ3n) is 3.98. The van der Waals surface area contributed by atoms with Crippen molar-refractivity contribution in [1.29, 1.82) is 0 Å². The summed E-state index contributed by atoms with van der Waals surface area (Å²) in [4.78, 5) is 35.8. The average molecular weight is 328 g/mol. The standard InChI is InChI=1S/C15H28N4O4/c1-10(2)6-12(13(20)21)8-18-15(23)19-5-3-4-11(9-19)7-17-14(16)22/h10-12H,3-9H2,1-2H3,(H,18,23)(H,20,21)(H3,16,17,22). The van der Waals surface area contributed by atoms with Crippen LogP contribution in [-0.4, -0.2) is 54.2 Å². The van der Waals surface area contributed by atoms with Crippen molar-refractivity contribution in [1.82, 2.24) is 15.5 Å². The van der Waals surface area contributed by atoms with Crippen molar-refractivity contribution in [2.75, 3.05) is 26.2 Å². The van der Waals surface area contributed by atoms with Gasteiger partial charge in [0.1, 0.15) is 0 Å². The molecule has 2 unspecified atom stereocenters. The molecule has 4 amide bonds. The molecule has 0 radical (unpaired) electrons. The lowest BCUT2D eigenvalue weighted by Crippen LogP contribution is -2.49. The Kier molecular flexibility index (Phi) is 7.64. The molecular weight excluding hydrogens is 300 g/mol. The molecule has 0 aromatic carbocycles. The summed E-state index contributed by atoms with van der Waals surface area (Å²) in [6.45, 7) is 5.67. The van der Waals surface area contributed by atoms with Gasteiger partial charge in [0, 0.05) is 26.2 Å². The molecule has 0 aliphatic carbocycles. The third kappa shape index (κ3) is 7.21. The van der Waals surface area contributed by atoms with Crippen LogP contribution in [0.15, 0.2) is 0 Å². The van der Waals surface area contributed by atoms with Crippen molar-refractivity contribution < 1.29 is 19.5 Å². The molecule has 0 saturated carbocycles. The Labute approximate surface area is 136 Å². The van der Waals surface area contributed by atoms with E-state index in [0.29, 0.717) is 26.1 Å². The van der Waals surface area contributed by atoms with Gasteiger partial charge in [-0.15, -0.1) is 0 Å². The highest BCUT2D eigenvalue weighted by Crippen LogP contribution is 2.16. The van der Waals surface area contributed by atoms with Gasteiger partial charge in [-0.1, -0.05) is 13.8 Å². The first kappa shape index (κ1) is 19.1. The van der Waals surface area contributed by atoms with Gasteiger partial charge < -0.3 is 26.4 Å². The van der Waals surface area contributed by atoms with E-state index in [-0.39, 0.29) is 24.4 Å². The van der Waals surface area contributed by atoms with Crippen LogP contribution in [0.1, 0.15) is 33.1 Å². The number of nitrogens with one attached hydrogen (secondary N) is 2. The average Bonchev–Trinajstić information content (AvgIpc) is 2.48. The molecule has 1 aliphatic heterocycles.